The fraction of sp³-hybridized carbons (Fsp3) is 0.667. The summed E-state index contributed by atoms with van der Waals surface area (Å²) in [4.78, 5) is 0. The first kappa shape index (κ1) is 9.90. The van der Waals surface area contributed by atoms with Crippen molar-refractivity contribution in [3.05, 3.63) is 17.4 Å². The Labute approximate surface area is 85.9 Å². The first-order valence-electron chi connectivity index (χ1n) is 4.64. The second-order valence-corrected chi connectivity index (χ2v) is 4.16. The van der Waals surface area contributed by atoms with Gasteiger partial charge in [0.05, 0.1) is 17.3 Å². The van der Waals surface area contributed by atoms with Crippen LogP contribution in [-0.2, 0) is 0 Å². The first-order valence-corrected chi connectivity index (χ1v) is 5.02. The predicted molar refractivity (Wildman–Crippen MR) is 49.7 cm³/mol. The van der Waals surface area contributed by atoms with Crippen LogP contribution in [-0.4, -0.2) is 15.7 Å². The third-order valence-corrected chi connectivity index (χ3v) is 2.83. The van der Waals surface area contributed by atoms with Gasteiger partial charge in [-0.05, 0) is 12.8 Å². The number of aromatic nitrogens is 2. The summed E-state index contributed by atoms with van der Waals surface area (Å²) in [5.41, 5.74) is 0. The Morgan fingerprint density at radius 2 is 2.07 bits per heavy atom. The smallest absolute Gasteiger partial charge is 0.248 e. The molecule has 1 aromatic heterocycles. The molecular formula is C9H11ClF2N2. The van der Waals surface area contributed by atoms with Gasteiger partial charge in [-0.3, -0.25) is 4.68 Å². The summed E-state index contributed by atoms with van der Waals surface area (Å²) in [6, 6.07) is 0.0853. The molecule has 0 N–H and O–H groups in total. The Hall–Kier alpha value is -0.640. The van der Waals surface area contributed by atoms with Crippen molar-refractivity contribution >= 4 is 11.6 Å². The van der Waals surface area contributed by atoms with Crippen molar-refractivity contribution in [2.75, 3.05) is 0 Å². The Morgan fingerprint density at radius 3 is 2.57 bits per heavy atom. The molecule has 1 fully saturated rings. The molecule has 5 heteroatoms. The van der Waals surface area contributed by atoms with E-state index in [0.717, 1.165) is 0 Å². The molecule has 0 atom stereocenters. The van der Waals surface area contributed by atoms with E-state index in [9.17, 15) is 8.78 Å². The highest BCUT2D eigenvalue weighted by Crippen LogP contribution is 2.38. The second-order valence-electron chi connectivity index (χ2n) is 3.73. The zero-order valence-corrected chi connectivity index (χ0v) is 8.34. The molecule has 1 heterocycles. The van der Waals surface area contributed by atoms with Crippen LogP contribution in [0.15, 0.2) is 12.4 Å². The van der Waals surface area contributed by atoms with Gasteiger partial charge in [-0.25, -0.2) is 8.78 Å². The highest BCUT2D eigenvalue weighted by atomic mass is 35.5. The van der Waals surface area contributed by atoms with E-state index >= 15 is 0 Å². The Kier molecular flexibility index (Phi) is 2.47. The maximum atomic E-state index is 12.8. The lowest BCUT2D eigenvalue weighted by Gasteiger charge is -2.28. The van der Waals surface area contributed by atoms with E-state index in [0.29, 0.717) is 17.9 Å². The van der Waals surface area contributed by atoms with Crippen molar-refractivity contribution in [3.63, 3.8) is 0 Å². The summed E-state index contributed by atoms with van der Waals surface area (Å²) < 4.78 is 27.4. The highest BCUT2D eigenvalue weighted by Gasteiger charge is 2.35. The van der Waals surface area contributed by atoms with E-state index in [1.165, 1.54) is 6.20 Å². The molecule has 14 heavy (non-hydrogen) atoms. The van der Waals surface area contributed by atoms with Crippen LogP contribution < -0.4 is 0 Å². The number of alkyl halides is 2. The number of nitrogens with zero attached hydrogens (tertiary/aromatic N) is 2. The highest BCUT2D eigenvalue weighted by molar-refractivity contribution is 6.30. The van der Waals surface area contributed by atoms with Gasteiger partial charge in [0.15, 0.2) is 0 Å². The summed E-state index contributed by atoms with van der Waals surface area (Å²) in [5.74, 6) is -2.48. The molecule has 2 nitrogen and oxygen atoms in total. The third-order valence-electron chi connectivity index (χ3n) is 2.63. The van der Waals surface area contributed by atoms with Crippen molar-refractivity contribution in [2.45, 2.75) is 37.6 Å². The molecule has 2 rings (SSSR count). The Bertz CT molecular complexity index is 314. The normalized spacial score (nSPS) is 22.5. The summed E-state index contributed by atoms with van der Waals surface area (Å²) >= 11 is 5.70. The molecule has 1 aliphatic carbocycles. The minimum absolute atomic E-state index is 0.0465. The van der Waals surface area contributed by atoms with Gasteiger partial charge < -0.3 is 0 Å². The average molecular weight is 221 g/mol. The summed E-state index contributed by atoms with van der Waals surface area (Å²) in [6.45, 7) is 0. The number of halogens is 3. The molecule has 0 spiro atoms. The van der Waals surface area contributed by atoms with Crippen molar-refractivity contribution < 1.29 is 8.78 Å². The quantitative estimate of drug-likeness (QED) is 0.710. The summed E-state index contributed by atoms with van der Waals surface area (Å²) in [7, 11) is 0. The molecule has 0 aromatic carbocycles. The summed E-state index contributed by atoms with van der Waals surface area (Å²) in [6.07, 6.45) is 4.09. The molecule has 0 aliphatic heterocycles. The lowest BCUT2D eigenvalue weighted by molar-refractivity contribution is -0.0449. The molecule has 1 saturated carbocycles. The second kappa shape index (κ2) is 3.50. The maximum absolute atomic E-state index is 12.8. The third kappa shape index (κ3) is 2.05. The van der Waals surface area contributed by atoms with E-state index in [4.69, 9.17) is 11.6 Å². The fourth-order valence-corrected chi connectivity index (χ4v) is 1.95. The van der Waals surface area contributed by atoms with Crippen LogP contribution in [0.5, 0.6) is 0 Å². The molecular weight excluding hydrogens is 210 g/mol. The van der Waals surface area contributed by atoms with E-state index in [2.05, 4.69) is 5.10 Å². The number of rotatable bonds is 1. The number of hydrogen-bond acceptors (Lipinski definition) is 1. The molecule has 78 valence electrons. The van der Waals surface area contributed by atoms with Crippen LogP contribution in [0.4, 0.5) is 8.78 Å². The van der Waals surface area contributed by atoms with Crippen LogP contribution >= 0.6 is 11.6 Å². The van der Waals surface area contributed by atoms with Crippen molar-refractivity contribution in [3.8, 4) is 0 Å². The molecule has 0 unspecified atom stereocenters. The summed E-state index contributed by atoms with van der Waals surface area (Å²) in [5, 5.41) is 4.58. The van der Waals surface area contributed by atoms with Gasteiger partial charge >= 0.3 is 0 Å². The van der Waals surface area contributed by atoms with Gasteiger partial charge in [-0.1, -0.05) is 11.6 Å². The van der Waals surface area contributed by atoms with E-state index < -0.39 is 5.92 Å². The van der Waals surface area contributed by atoms with Gasteiger partial charge in [0.1, 0.15) is 0 Å². The van der Waals surface area contributed by atoms with E-state index in [1.807, 2.05) is 0 Å². The van der Waals surface area contributed by atoms with E-state index in [-0.39, 0.29) is 18.9 Å². The van der Waals surface area contributed by atoms with Crippen LogP contribution in [0, 0.1) is 0 Å². The van der Waals surface area contributed by atoms with Crippen LogP contribution in [0.1, 0.15) is 31.7 Å². The predicted octanol–water partition coefficient (Wildman–Crippen LogP) is 3.29. The fourth-order valence-electron chi connectivity index (χ4n) is 1.80. The molecule has 0 amide bonds. The molecule has 0 radical (unpaired) electrons. The minimum atomic E-state index is -2.48. The SMILES string of the molecule is FC1(F)CCC(n2cc(Cl)cn2)CC1. The molecule has 0 bridgehead atoms. The average Bonchev–Trinajstić information content (AvgIpc) is 2.52. The lowest BCUT2D eigenvalue weighted by Crippen LogP contribution is -2.26. The monoisotopic (exact) mass is 220 g/mol. The molecule has 1 aliphatic rings. The molecule has 0 saturated heterocycles. The zero-order valence-electron chi connectivity index (χ0n) is 7.59. The minimum Gasteiger partial charge on any atom is -0.268 e. The lowest BCUT2D eigenvalue weighted by atomic mass is 9.92. The maximum Gasteiger partial charge on any atom is 0.248 e. The standard InChI is InChI=1S/C9H11ClF2N2/c10-7-5-13-14(6-7)8-1-3-9(11,12)4-2-8/h5-6,8H,1-4H2. The molecule has 1 aromatic rings. The Balaban J connectivity index is 2.02. The van der Waals surface area contributed by atoms with Crippen molar-refractivity contribution in [1.29, 1.82) is 0 Å². The van der Waals surface area contributed by atoms with Crippen LogP contribution in [0.25, 0.3) is 0 Å². The van der Waals surface area contributed by atoms with Crippen LogP contribution in [0.3, 0.4) is 0 Å². The first-order chi connectivity index (χ1) is 6.57. The van der Waals surface area contributed by atoms with Gasteiger partial charge in [0.2, 0.25) is 5.92 Å². The van der Waals surface area contributed by atoms with Gasteiger partial charge in [-0.15, -0.1) is 0 Å². The topological polar surface area (TPSA) is 17.8 Å². The van der Waals surface area contributed by atoms with Gasteiger partial charge in [0, 0.05) is 19.0 Å². The van der Waals surface area contributed by atoms with Crippen molar-refractivity contribution in [1.82, 2.24) is 9.78 Å². The number of hydrogen-bond donors (Lipinski definition) is 0. The van der Waals surface area contributed by atoms with Gasteiger partial charge in [0.25, 0.3) is 0 Å². The Morgan fingerprint density at radius 1 is 1.43 bits per heavy atom. The van der Waals surface area contributed by atoms with Gasteiger partial charge in [-0.2, -0.15) is 5.10 Å². The van der Waals surface area contributed by atoms with E-state index in [1.54, 1.807) is 10.9 Å². The largest absolute Gasteiger partial charge is 0.268 e. The zero-order chi connectivity index (χ0) is 10.2. The van der Waals surface area contributed by atoms with Crippen LogP contribution in [0.2, 0.25) is 5.02 Å². The van der Waals surface area contributed by atoms with Crippen molar-refractivity contribution in [2.24, 2.45) is 0 Å².